The summed E-state index contributed by atoms with van der Waals surface area (Å²) < 4.78 is 14.1. The van der Waals surface area contributed by atoms with Crippen LogP contribution in [0.15, 0.2) is 18.2 Å². The molecule has 2 nitrogen and oxygen atoms in total. The summed E-state index contributed by atoms with van der Waals surface area (Å²) in [4.78, 5) is 2.46. The van der Waals surface area contributed by atoms with E-state index in [0.29, 0.717) is 6.54 Å². The summed E-state index contributed by atoms with van der Waals surface area (Å²) in [5.41, 5.74) is 0.966. The molecule has 1 N–H and O–H groups in total. The zero-order valence-corrected chi connectivity index (χ0v) is 11.8. The molecule has 1 saturated carbocycles. The van der Waals surface area contributed by atoms with E-state index in [-0.39, 0.29) is 16.4 Å². The quantitative estimate of drug-likeness (QED) is 0.896. The van der Waals surface area contributed by atoms with Crippen LogP contribution in [-0.2, 0) is 6.54 Å². The average molecular weight is 283 g/mol. The summed E-state index contributed by atoms with van der Waals surface area (Å²) in [6.45, 7) is 3.69. The highest BCUT2D eigenvalue weighted by Crippen LogP contribution is 2.37. The van der Waals surface area contributed by atoms with Crippen LogP contribution < -0.4 is 5.32 Å². The molecule has 0 bridgehead atoms. The second-order valence-electron chi connectivity index (χ2n) is 5.74. The smallest absolute Gasteiger partial charge is 0.146 e. The van der Waals surface area contributed by atoms with E-state index in [0.717, 1.165) is 25.2 Å². The Morgan fingerprint density at radius 3 is 2.89 bits per heavy atom. The summed E-state index contributed by atoms with van der Waals surface area (Å²) in [5.74, 6) is -0.254. The lowest BCUT2D eigenvalue weighted by atomic mass is 9.92. The Morgan fingerprint density at radius 2 is 2.11 bits per heavy atom. The van der Waals surface area contributed by atoms with Crippen LogP contribution in [0.2, 0.25) is 5.02 Å². The third kappa shape index (κ3) is 2.51. The molecule has 1 aliphatic heterocycles. The van der Waals surface area contributed by atoms with Crippen molar-refractivity contribution in [2.45, 2.75) is 37.8 Å². The van der Waals surface area contributed by atoms with Gasteiger partial charge in [-0.1, -0.05) is 36.6 Å². The average Bonchev–Trinajstić information content (AvgIpc) is 2.87. The molecule has 104 valence electrons. The number of hydrogen-bond acceptors (Lipinski definition) is 2. The number of rotatable bonds is 2. The maximum atomic E-state index is 14.1. The van der Waals surface area contributed by atoms with Gasteiger partial charge in [-0.2, -0.15) is 0 Å². The van der Waals surface area contributed by atoms with Gasteiger partial charge >= 0.3 is 0 Å². The molecule has 2 aliphatic rings. The van der Waals surface area contributed by atoms with Gasteiger partial charge in [0, 0.05) is 37.3 Å². The second-order valence-corrected chi connectivity index (χ2v) is 6.15. The van der Waals surface area contributed by atoms with Crippen LogP contribution in [0, 0.1) is 5.82 Å². The normalized spacial score (nSPS) is 23.1. The van der Waals surface area contributed by atoms with Gasteiger partial charge in [0.25, 0.3) is 0 Å². The molecule has 1 saturated heterocycles. The molecule has 0 amide bonds. The largest absolute Gasteiger partial charge is 0.314 e. The highest BCUT2D eigenvalue weighted by molar-refractivity contribution is 6.30. The maximum absolute atomic E-state index is 14.1. The van der Waals surface area contributed by atoms with E-state index in [1.54, 1.807) is 6.07 Å². The van der Waals surface area contributed by atoms with Crippen molar-refractivity contribution in [2.75, 3.05) is 19.6 Å². The summed E-state index contributed by atoms with van der Waals surface area (Å²) in [6, 6.07) is 5.31. The van der Waals surface area contributed by atoms with Crippen LogP contribution in [0.25, 0.3) is 0 Å². The van der Waals surface area contributed by atoms with E-state index in [1.807, 2.05) is 12.1 Å². The second kappa shape index (κ2) is 5.39. The van der Waals surface area contributed by atoms with Crippen LogP contribution in [0.1, 0.15) is 31.2 Å². The highest BCUT2D eigenvalue weighted by Gasteiger charge is 2.41. The summed E-state index contributed by atoms with van der Waals surface area (Å²) in [7, 11) is 0. The SMILES string of the molecule is Fc1c(Cl)cccc1CN1CCNCC12CCCC2. The van der Waals surface area contributed by atoms with Gasteiger partial charge in [-0.05, 0) is 18.9 Å². The molecule has 1 aromatic carbocycles. The molecule has 0 radical (unpaired) electrons. The Bertz CT molecular complexity index is 457. The minimum Gasteiger partial charge on any atom is -0.314 e. The molecule has 3 rings (SSSR count). The van der Waals surface area contributed by atoms with Gasteiger partial charge in [-0.15, -0.1) is 0 Å². The van der Waals surface area contributed by atoms with Gasteiger partial charge < -0.3 is 5.32 Å². The fourth-order valence-corrected chi connectivity index (χ4v) is 3.73. The number of nitrogens with one attached hydrogen (secondary N) is 1. The van der Waals surface area contributed by atoms with E-state index >= 15 is 0 Å². The zero-order chi connectivity index (χ0) is 13.3. The topological polar surface area (TPSA) is 15.3 Å². The van der Waals surface area contributed by atoms with Crippen molar-refractivity contribution < 1.29 is 4.39 Å². The summed E-state index contributed by atoms with van der Waals surface area (Å²) in [5, 5.41) is 3.73. The van der Waals surface area contributed by atoms with Gasteiger partial charge in [0.05, 0.1) is 5.02 Å². The predicted octanol–water partition coefficient (Wildman–Crippen LogP) is 3.20. The van der Waals surface area contributed by atoms with Crippen LogP contribution in [0.3, 0.4) is 0 Å². The van der Waals surface area contributed by atoms with Crippen molar-refractivity contribution in [1.29, 1.82) is 0 Å². The third-order valence-corrected chi connectivity index (χ3v) is 4.90. The first kappa shape index (κ1) is 13.3. The Hall–Kier alpha value is -0.640. The van der Waals surface area contributed by atoms with Gasteiger partial charge in [0.15, 0.2) is 0 Å². The standard InChI is InChI=1S/C15H20ClFN2/c16-13-5-3-4-12(14(13)17)10-19-9-8-18-11-15(19)6-1-2-7-15/h3-5,18H,1-2,6-11H2. The molecular weight excluding hydrogens is 263 g/mol. The zero-order valence-electron chi connectivity index (χ0n) is 11.1. The first-order valence-corrected chi connectivity index (χ1v) is 7.48. The van der Waals surface area contributed by atoms with Crippen LogP contribution in [-0.4, -0.2) is 30.1 Å². The number of nitrogens with zero attached hydrogens (tertiary/aromatic N) is 1. The Morgan fingerprint density at radius 1 is 1.32 bits per heavy atom. The van der Waals surface area contributed by atoms with Gasteiger partial charge in [0.2, 0.25) is 0 Å². The Labute approximate surface area is 118 Å². The van der Waals surface area contributed by atoms with Crippen molar-refractivity contribution in [3.05, 3.63) is 34.6 Å². The molecule has 1 aliphatic carbocycles. The van der Waals surface area contributed by atoms with Gasteiger partial charge in [0.1, 0.15) is 5.82 Å². The van der Waals surface area contributed by atoms with Crippen molar-refractivity contribution in [3.8, 4) is 0 Å². The Kier molecular flexibility index (Phi) is 3.79. The molecule has 19 heavy (non-hydrogen) atoms. The molecule has 0 aromatic heterocycles. The van der Waals surface area contributed by atoms with E-state index in [9.17, 15) is 4.39 Å². The number of benzene rings is 1. The van der Waals surface area contributed by atoms with Crippen LogP contribution in [0.4, 0.5) is 4.39 Å². The molecule has 0 atom stereocenters. The number of halogens is 2. The number of piperazine rings is 1. The summed E-state index contributed by atoms with van der Waals surface area (Å²) in [6.07, 6.45) is 5.02. The van der Waals surface area contributed by atoms with Crippen LogP contribution in [0.5, 0.6) is 0 Å². The fourth-order valence-electron chi connectivity index (χ4n) is 3.53. The molecule has 0 unspecified atom stereocenters. The lowest BCUT2D eigenvalue weighted by molar-refractivity contribution is 0.0563. The molecule has 1 heterocycles. The lowest BCUT2D eigenvalue weighted by Crippen LogP contribution is -2.59. The van der Waals surface area contributed by atoms with Crippen molar-refractivity contribution in [1.82, 2.24) is 10.2 Å². The number of hydrogen-bond donors (Lipinski definition) is 1. The van der Waals surface area contributed by atoms with E-state index < -0.39 is 0 Å². The first-order valence-electron chi connectivity index (χ1n) is 7.10. The monoisotopic (exact) mass is 282 g/mol. The molecule has 2 fully saturated rings. The van der Waals surface area contributed by atoms with Crippen molar-refractivity contribution >= 4 is 11.6 Å². The van der Waals surface area contributed by atoms with E-state index in [2.05, 4.69) is 10.2 Å². The maximum Gasteiger partial charge on any atom is 0.146 e. The van der Waals surface area contributed by atoms with Gasteiger partial charge in [-0.25, -0.2) is 4.39 Å². The molecular formula is C15H20ClFN2. The molecule has 1 spiro atoms. The van der Waals surface area contributed by atoms with Gasteiger partial charge in [-0.3, -0.25) is 4.90 Å². The fraction of sp³-hybridized carbons (Fsp3) is 0.600. The Balaban J connectivity index is 1.82. The van der Waals surface area contributed by atoms with E-state index in [1.165, 1.54) is 25.7 Å². The minimum atomic E-state index is -0.254. The molecule has 4 heteroatoms. The minimum absolute atomic E-state index is 0.230. The van der Waals surface area contributed by atoms with Crippen molar-refractivity contribution in [3.63, 3.8) is 0 Å². The first-order chi connectivity index (χ1) is 9.21. The lowest BCUT2D eigenvalue weighted by Gasteiger charge is -2.45. The summed E-state index contributed by atoms with van der Waals surface area (Å²) >= 11 is 5.88. The van der Waals surface area contributed by atoms with Crippen LogP contribution >= 0.6 is 11.6 Å². The highest BCUT2D eigenvalue weighted by atomic mass is 35.5. The van der Waals surface area contributed by atoms with E-state index in [4.69, 9.17) is 11.6 Å². The van der Waals surface area contributed by atoms with Crippen molar-refractivity contribution in [2.24, 2.45) is 0 Å². The third-order valence-electron chi connectivity index (χ3n) is 4.61. The molecule has 1 aromatic rings. The predicted molar refractivity (Wildman–Crippen MR) is 75.9 cm³/mol.